The molecule has 0 saturated carbocycles. The van der Waals surface area contributed by atoms with E-state index >= 15 is 0 Å². The Bertz CT molecular complexity index is 1150. The van der Waals surface area contributed by atoms with Crippen molar-refractivity contribution in [2.45, 2.75) is 148 Å². The molecule has 52 heavy (non-hydrogen) atoms. The van der Waals surface area contributed by atoms with E-state index in [2.05, 4.69) is 60.9 Å². The number of allylic oxidation sites excluding steroid dienone is 11. The Labute approximate surface area is 313 Å². The summed E-state index contributed by atoms with van der Waals surface area (Å²) >= 11 is 0. The van der Waals surface area contributed by atoms with Crippen LogP contribution in [-0.4, -0.2) is 63.5 Å². The van der Waals surface area contributed by atoms with Gasteiger partial charge in [0.2, 0.25) is 0 Å². The van der Waals surface area contributed by atoms with E-state index in [1.807, 2.05) is 6.08 Å². The molecule has 0 saturated heterocycles. The van der Waals surface area contributed by atoms with Crippen molar-refractivity contribution in [2.75, 3.05) is 13.2 Å². The summed E-state index contributed by atoms with van der Waals surface area (Å²) in [6, 6.07) is 0. The van der Waals surface area contributed by atoms with Crippen molar-refractivity contribution in [2.24, 2.45) is 0 Å². The zero-order valence-corrected chi connectivity index (χ0v) is 32.5. The van der Waals surface area contributed by atoms with E-state index < -0.39 is 51.3 Å². The molecule has 0 aliphatic carbocycles. The van der Waals surface area contributed by atoms with Gasteiger partial charge in [0.25, 0.3) is 0 Å². The van der Waals surface area contributed by atoms with Gasteiger partial charge < -0.3 is 29.5 Å². The fourth-order valence-corrected chi connectivity index (χ4v) is 4.99. The van der Waals surface area contributed by atoms with Gasteiger partial charge >= 0.3 is 19.8 Å². The lowest BCUT2D eigenvalue weighted by Gasteiger charge is -2.18. The standard InChI is InChI=1S/C41H67O10P/c1-3-5-7-9-11-12-13-14-15-16-17-18-19-21-27-33-41(45)51-39(36-50-52(46,47)48)35-49-40(44)34-28-32-38(43)31-26-23-22-25-30-37(42)29-24-20-10-8-6-4-2/h11-12,14-15,17-18,20,22-26,30-31,37-39,42-43H,3-10,13,16,19,21,27-29,32-36H2,1-2H3,(H2,46,47,48)/b12-11-,15-14-,18-17-,23-22+,24-20-,30-25+,31-26-/t37-,38-,39-/m1/s1. The molecule has 0 unspecified atom stereocenters. The molecule has 4 N–H and O–H groups in total. The molecule has 0 heterocycles. The number of carbonyl (C=O) groups is 2. The van der Waals surface area contributed by atoms with Crippen LogP contribution in [0.1, 0.15) is 129 Å². The Hall–Kier alpha value is -2.85. The van der Waals surface area contributed by atoms with Crippen LogP contribution < -0.4 is 0 Å². The smallest absolute Gasteiger partial charge is 0.462 e. The first kappa shape index (κ1) is 49.1. The van der Waals surface area contributed by atoms with E-state index in [0.717, 1.165) is 38.5 Å². The summed E-state index contributed by atoms with van der Waals surface area (Å²) in [6.07, 6.45) is 39.4. The van der Waals surface area contributed by atoms with Crippen LogP contribution in [0, 0.1) is 0 Å². The number of ether oxygens (including phenoxy) is 2. The Balaban J connectivity index is 4.33. The van der Waals surface area contributed by atoms with Gasteiger partial charge in [-0.2, -0.15) is 0 Å². The third-order valence-electron chi connectivity index (χ3n) is 7.58. The van der Waals surface area contributed by atoms with E-state index in [1.54, 1.807) is 36.5 Å². The highest BCUT2D eigenvalue weighted by Crippen LogP contribution is 2.36. The second-order valence-electron chi connectivity index (χ2n) is 12.6. The van der Waals surface area contributed by atoms with Crippen LogP contribution in [0.2, 0.25) is 0 Å². The lowest BCUT2D eigenvalue weighted by atomic mass is 10.1. The molecular formula is C41H67O10P. The van der Waals surface area contributed by atoms with Gasteiger partial charge in [0.05, 0.1) is 18.8 Å². The van der Waals surface area contributed by atoms with Gasteiger partial charge in [0.15, 0.2) is 6.10 Å². The molecule has 0 aliphatic heterocycles. The van der Waals surface area contributed by atoms with Crippen molar-refractivity contribution < 1.29 is 48.2 Å². The summed E-state index contributed by atoms with van der Waals surface area (Å²) in [5.74, 6) is -1.18. The number of aliphatic hydroxyl groups excluding tert-OH is 2. The lowest BCUT2D eigenvalue weighted by molar-refractivity contribution is -0.161. The Morgan fingerprint density at radius 3 is 1.71 bits per heavy atom. The SMILES string of the molecule is CCCCC/C=C\C/C=C\C/C=C\CCCCC(=O)O[C@H](COC(=O)CCC[C@H](O)\C=C/C=C/C=C/[C@H](O)C/C=C\CCCCC)COP(=O)(O)O. The third kappa shape index (κ3) is 36.9. The number of phosphoric acid groups is 1. The largest absolute Gasteiger partial charge is 0.469 e. The average molecular weight is 751 g/mol. The first-order valence-corrected chi connectivity index (χ1v) is 20.6. The molecule has 0 aromatic carbocycles. The molecule has 0 aromatic rings. The highest BCUT2D eigenvalue weighted by molar-refractivity contribution is 7.46. The summed E-state index contributed by atoms with van der Waals surface area (Å²) in [6.45, 7) is 3.32. The van der Waals surface area contributed by atoms with E-state index in [4.69, 9.17) is 19.3 Å². The Morgan fingerprint density at radius 1 is 0.615 bits per heavy atom. The molecule has 0 aromatic heterocycles. The van der Waals surface area contributed by atoms with Gasteiger partial charge in [-0.15, -0.1) is 0 Å². The zero-order valence-electron chi connectivity index (χ0n) is 31.6. The molecule has 0 radical (unpaired) electrons. The predicted octanol–water partition coefficient (Wildman–Crippen LogP) is 9.23. The maximum atomic E-state index is 12.4. The van der Waals surface area contributed by atoms with Crippen LogP contribution in [0.15, 0.2) is 85.1 Å². The quantitative estimate of drug-likeness (QED) is 0.0167. The monoisotopic (exact) mass is 750 g/mol. The molecule has 0 rings (SSSR count). The first-order valence-electron chi connectivity index (χ1n) is 19.1. The van der Waals surface area contributed by atoms with Crippen LogP contribution in [0.5, 0.6) is 0 Å². The van der Waals surface area contributed by atoms with E-state index in [0.29, 0.717) is 25.7 Å². The van der Waals surface area contributed by atoms with Gasteiger partial charge in [-0.25, -0.2) is 4.57 Å². The van der Waals surface area contributed by atoms with E-state index in [1.165, 1.54) is 38.5 Å². The summed E-state index contributed by atoms with van der Waals surface area (Å²) in [5, 5.41) is 20.1. The topological polar surface area (TPSA) is 160 Å². The summed E-state index contributed by atoms with van der Waals surface area (Å²) < 4.78 is 26.1. The molecular weight excluding hydrogens is 683 g/mol. The summed E-state index contributed by atoms with van der Waals surface area (Å²) in [7, 11) is -4.83. The van der Waals surface area contributed by atoms with Crippen LogP contribution >= 0.6 is 7.82 Å². The van der Waals surface area contributed by atoms with Gasteiger partial charge in [-0.1, -0.05) is 125 Å². The highest BCUT2D eigenvalue weighted by Gasteiger charge is 2.23. The number of hydrogen-bond acceptors (Lipinski definition) is 8. The van der Waals surface area contributed by atoms with Gasteiger partial charge in [0, 0.05) is 12.8 Å². The van der Waals surface area contributed by atoms with Gasteiger partial charge in [0.1, 0.15) is 6.61 Å². The second-order valence-corrected chi connectivity index (χ2v) is 13.8. The maximum absolute atomic E-state index is 12.4. The number of hydrogen-bond donors (Lipinski definition) is 4. The van der Waals surface area contributed by atoms with Crippen LogP contribution in [0.25, 0.3) is 0 Å². The molecule has 0 aliphatic rings. The zero-order chi connectivity index (χ0) is 38.5. The maximum Gasteiger partial charge on any atom is 0.469 e. The first-order chi connectivity index (χ1) is 25.1. The summed E-state index contributed by atoms with van der Waals surface area (Å²) in [5.41, 5.74) is 0. The minimum Gasteiger partial charge on any atom is -0.462 e. The van der Waals surface area contributed by atoms with Crippen molar-refractivity contribution in [1.82, 2.24) is 0 Å². The van der Waals surface area contributed by atoms with Crippen molar-refractivity contribution in [3.8, 4) is 0 Å². The second kappa shape index (κ2) is 35.2. The van der Waals surface area contributed by atoms with Gasteiger partial charge in [-0.05, 0) is 77.0 Å². The number of esters is 2. The molecule has 0 bridgehead atoms. The number of rotatable bonds is 33. The number of aliphatic hydroxyl groups is 2. The number of unbranched alkanes of at least 4 members (excludes halogenated alkanes) is 8. The summed E-state index contributed by atoms with van der Waals surface area (Å²) in [4.78, 5) is 42.7. The van der Waals surface area contributed by atoms with Gasteiger partial charge in [-0.3, -0.25) is 14.1 Å². The van der Waals surface area contributed by atoms with Crippen LogP contribution in [0.3, 0.4) is 0 Å². The van der Waals surface area contributed by atoms with Crippen LogP contribution in [-0.2, 0) is 28.2 Å². The molecule has 0 amide bonds. The predicted molar refractivity (Wildman–Crippen MR) is 209 cm³/mol. The fourth-order valence-electron chi connectivity index (χ4n) is 4.63. The molecule has 0 fully saturated rings. The normalized spacial score (nSPS) is 14.7. The van der Waals surface area contributed by atoms with Crippen LogP contribution in [0.4, 0.5) is 0 Å². The minimum atomic E-state index is -4.83. The average Bonchev–Trinajstić information content (AvgIpc) is 3.10. The highest BCUT2D eigenvalue weighted by atomic mass is 31.2. The third-order valence-corrected chi connectivity index (χ3v) is 8.06. The molecule has 3 atom stereocenters. The molecule has 11 heteroatoms. The number of carbonyl (C=O) groups excluding carboxylic acids is 2. The molecule has 0 spiro atoms. The molecule has 10 nitrogen and oxygen atoms in total. The minimum absolute atomic E-state index is 0.00604. The van der Waals surface area contributed by atoms with Crippen molar-refractivity contribution in [3.63, 3.8) is 0 Å². The molecule has 296 valence electrons. The van der Waals surface area contributed by atoms with Crippen molar-refractivity contribution in [3.05, 3.63) is 85.1 Å². The lowest BCUT2D eigenvalue weighted by Crippen LogP contribution is -2.29. The van der Waals surface area contributed by atoms with Crippen molar-refractivity contribution >= 4 is 19.8 Å². The van der Waals surface area contributed by atoms with Crippen molar-refractivity contribution in [1.29, 1.82) is 0 Å². The van der Waals surface area contributed by atoms with E-state index in [9.17, 15) is 24.4 Å². The Morgan fingerprint density at radius 2 is 1.13 bits per heavy atom. The number of phosphoric ester groups is 1. The fraction of sp³-hybridized carbons (Fsp3) is 0.610. The Kier molecular flexibility index (Phi) is 33.3. The van der Waals surface area contributed by atoms with E-state index in [-0.39, 0.29) is 12.8 Å².